The molecule has 1 fully saturated rings. The number of carbonyl (C=O) groups is 2. The van der Waals surface area contributed by atoms with E-state index in [2.05, 4.69) is 32.1 Å². The number of esters is 1. The fourth-order valence-electron chi connectivity index (χ4n) is 4.66. The van der Waals surface area contributed by atoms with Crippen molar-refractivity contribution < 1.29 is 22.5 Å². The second-order valence-corrected chi connectivity index (χ2v) is 14.5. The van der Waals surface area contributed by atoms with Crippen LogP contribution in [0.4, 0.5) is 0 Å². The Bertz CT molecular complexity index is 712. The average Bonchev–Trinajstić information content (AvgIpc) is 2.66. The van der Waals surface area contributed by atoms with Crippen LogP contribution in [0.5, 0.6) is 0 Å². The van der Waals surface area contributed by atoms with Crippen molar-refractivity contribution in [3.63, 3.8) is 0 Å². The van der Waals surface area contributed by atoms with Crippen molar-refractivity contribution in [2.45, 2.75) is 72.5 Å². The summed E-state index contributed by atoms with van der Waals surface area (Å²) in [6.07, 6.45) is 8.86. The Hall–Kier alpha value is -0.890. The van der Waals surface area contributed by atoms with Crippen molar-refractivity contribution in [1.29, 1.82) is 0 Å². The van der Waals surface area contributed by atoms with Gasteiger partial charge in [0.1, 0.15) is 0 Å². The van der Waals surface area contributed by atoms with Gasteiger partial charge in [0.15, 0.2) is 0 Å². The van der Waals surface area contributed by atoms with Crippen molar-refractivity contribution in [3.05, 3.63) is 23.8 Å². The third kappa shape index (κ3) is 5.47. The molecule has 0 bridgehead atoms. The number of carbonyl (C=O) groups excluding carboxylic acids is 2. The van der Waals surface area contributed by atoms with Gasteiger partial charge in [0.2, 0.25) is 0 Å². The zero-order chi connectivity index (χ0) is 22.1. The monoisotopic (exact) mass is 532 g/mol. The molecule has 1 N–H and O–H groups in total. The molecule has 0 aromatic heterocycles. The molecule has 170 valence electrons. The summed E-state index contributed by atoms with van der Waals surface area (Å²) in [5, 5.41) is 9.96. The van der Waals surface area contributed by atoms with Gasteiger partial charge in [-0.25, -0.2) is 0 Å². The van der Waals surface area contributed by atoms with Gasteiger partial charge in [-0.2, -0.15) is 0 Å². The molecule has 2 aliphatic carbocycles. The summed E-state index contributed by atoms with van der Waals surface area (Å²) in [6, 6.07) is 0. The zero-order valence-corrected chi connectivity index (χ0v) is 21.1. The van der Waals surface area contributed by atoms with E-state index in [1.165, 1.54) is 5.57 Å². The molecule has 30 heavy (non-hydrogen) atoms. The van der Waals surface area contributed by atoms with Crippen LogP contribution in [0.15, 0.2) is 23.8 Å². The molecule has 0 spiro atoms. The van der Waals surface area contributed by atoms with E-state index in [0.717, 1.165) is 23.7 Å². The van der Waals surface area contributed by atoms with Crippen molar-refractivity contribution in [2.24, 2.45) is 29.1 Å². The molecule has 0 amide bonds. The Morgan fingerprint density at radius 2 is 2.10 bits per heavy atom. The summed E-state index contributed by atoms with van der Waals surface area (Å²) in [5.74, 6) is 0.954. The van der Waals surface area contributed by atoms with Gasteiger partial charge >= 0.3 is 189 Å². The minimum absolute atomic E-state index is 0.107. The second kappa shape index (κ2) is 9.72. The summed E-state index contributed by atoms with van der Waals surface area (Å²) in [5.41, 5.74) is 0.810. The predicted molar refractivity (Wildman–Crippen MR) is 126 cm³/mol. The standard InChI is InChI=1S/C24H37IO5/c1-6-24(4,5)23(28)29-20-12-15(2)11-17-8-7-16(3)19(22(17)20)9-10-25-14-18(26)13-21(27)30-25/h7-8,11,15-16,18-20,22,26H,6,9-10,12-14H2,1-5H3/t15-,16-,18-,19?,20-,22-/m0/s1. The van der Waals surface area contributed by atoms with E-state index in [4.69, 9.17) is 7.80 Å². The number of halogens is 1. The normalized spacial score (nSPS) is 35.3. The average molecular weight is 532 g/mol. The van der Waals surface area contributed by atoms with E-state index in [-0.39, 0.29) is 30.4 Å². The molecule has 6 atom stereocenters. The van der Waals surface area contributed by atoms with Crippen molar-refractivity contribution in [2.75, 3.05) is 8.86 Å². The van der Waals surface area contributed by atoms with Crippen LogP contribution >= 0.6 is 20.2 Å². The molecule has 0 saturated carbocycles. The zero-order valence-electron chi connectivity index (χ0n) is 18.9. The first-order chi connectivity index (χ1) is 14.1. The van der Waals surface area contributed by atoms with E-state index in [1.807, 2.05) is 20.8 Å². The second-order valence-electron chi connectivity index (χ2n) is 9.81. The number of aliphatic hydroxyl groups is 1. The van der Waals surface area contributed by atoms with Gasteiger partial charge in [0, 0.05) is 0 Å². The van der Waals surface area contributed by atoms with Crippen molar-refractivity contribution >= 4 is 32.2 Å². The van der Waals surface area contributed by atoms with Crippen LogP contribution in [-0.4, -0.2) is 38.1 Å². The Balaban J connectivity index is 1.76. The maximum absolute atomic E-state index is 12.9. The summed E-state index contributed by atoms with van der Waals surface area (Å²) >= 11 is -1.93. The van der Waals surface area contributed by atoms with E-state index >= 15 is 0 Å². The Labute approximate surface area is 188 Å². The number of aliphatic hydroxyl groups excluding tert-OH is 1. The van der Waals surface area contributed by atoms with E-state index in [0.29, 0.717) is 22.2 Å². The van der Waals surface area contributed by atoms with Crippen LogP contribution in [0.1, 0.15) is 60.3 Å². The number of ether oxygens (including phenoxy) is 1. The van der Waals surface area contributed by atoms with Crippen LogP contribution in [0.2, 0.25) is 0 Å². The molecule has 1 unspecified atom stereocenters. The fourth-order valence-corrected chi connectivity index (χ4v) is 9.23. The minimum atomic E-state index is -1.93. The van der Waals surface area contributed by atoms with Crippen LogP contribution < -0.4 is 0 Å². The summed E-state index contributed by atoms with van der Waals surface area (Å²) in [6.45, 7) is 10.3. The molecule has 1 heterocycles. The number of alkyl halides is 2. The third-order valence-electron chi connectivity index (χ3n) is 6.89. The van der Waals surface area contributed by atoms with Crippen molar-refractivity contribution in [1.82, 2.24) is 0 Å². The van der Waals surface area contributed by atoms with Crippen LogP contribution in [0, 0.1) is 29.1 Å². The molecular formula is C24H37IO5. The van der Waals surface area contributed by atoms with Gasteiger partial charge in [0.25, 0.3) is 0 Å². The molecule has 0 aromatic carbocycles. The van der Waals surface area contributed by atoms with Crippen molar-refractivity contribution in [3.8, 4) is 0 Å². The van der Waals surface area contributed by atoms with Gasteiger partial charge < -0.3 is 0 Å². The summed E-state index contributed by atoms with van der Waals surface area (Å²) in [4.78, 5) is 24.6. The van der Waals surface area contributed by atoms with E-state index < -0.39 is 31.8 Å². The fraction of sp³-hybridized carbons (Fsp3) is 0.750. The van der Waals surface area contributed by atoms with E-state index in [1.54, 1.807) is 0 Å². The third-order valence-corrected chi connectivity index (χ3v) is 11.8. The van der Waals surface area contributed by atoms with Crippen LogP contribution in [0.25, 0.3) is 0 Å². The SMILES string of the molecule is CCC(C)(C)C(=O)O[C@H]1C[C@@H](C)C=C2C=C[C@H](C)C(CCI3C[C@@H](O)CC(=O)O3)[C@H]21. The molecule has 5 nitrogen and oxygen atoms in total. The first-order valence-corrected chi connectivity index (χ1v) is 15.2. The molecular weight excluding hydrogens is 495 g/mol. The Morgan fingerprint density at radius 1 is 1.37 bits per heavy atom. The number of rotatable bonds is 6. The van der Waals surface area contributed by atoms with E-state index in [9.17, 15) is 14.7 Å². The molecule has 0 radical (unpaired) electrons. The topological polar surface area (TPSA) is 72.8 Å². The first kappa shape index (κ1) is 23.8. The van der Waals surface area contributed by atoms with Gasteiger partial charge in [-0.05, 0) is 0 Å². The van der Waals surface area contributed by atoms with Gasteiger partial charge in [-0.1, -0.05) is 0 Å². The maximum atomic E-state index is 12.9. The molecule has 6 heteroatoms. The molecule has 0 aromatic rings. The molecule has 1 aliphatic heterocycles. The van der Waals surface area contributed by atoms with Gasteiger partial charge in [0.05, 0.1) is 0 Å². The van der Waals surface area contributed by atoms with Crippen LogP contribution in [0.3, 0.4) is 0 Å². The summed E-state index contributed by atoms with van der Waals surface area (Å²) < 4.78 is 13.3. The Kier molecular flexibility index (Phi) is 7.70. The summed E-state index contributed by atoms with van der Waals surface area (Å²) in [7, 11) is 0. The molecule has 1 saturated heterocycles. The number of hydrogen-bond acceptors (Lipinski definition) is 5. The predicted octanol–water partition coefficient (Wildman–Crippen LogP) is 4.86. The first-order valence-electron chi connectivity index (χ1n) is 11.2. The molecule has 3 rings (SSSR count). The van der Waals surface area contributed by atoms with Gasteiger partial charge in [-0.3, -0.25) is 0 Å². The number of hydrogen-bond donors (Lipinski definition) is 1. The number of allylic oxidation sites excluding steroid dienone is 3. The van der Waals surface area contributed by atoms with Crippen LogP contribution in [-0.2, 0) is 17.4 Å². The Morgan fingerprint density at radius 3 is 2.77 bits per heavy atom. The van der Waals surface area contributed by atoms with Gasteiger partial charge in [-0.15, -0.1) is 0 Å². The molecule has 3 aliphatic rings. The quantitative estimate of drug-likeness (QED) is 0.301. The number of fused-ring (bicyclic) bond motifs is 1.